The quantitative estimate of drug-likeness (QED) is 0.443. The standard InChI is InChI=1S/C20H36N2O5S/c1-20(2,3)27-19(25)21-13-9-8-12-16(17(23)14-28(4,5)26)22-18(24)15-10-6-7-11-15/h14-16H,6-13H2,1-5H3,(H,21,25)(H,22,24)/t16-/m0/s1. The van der Waals surface area contributed by atoms with Gasteiger partial charge in [0.1, 0.15) is 5.60 Å². The van der Waals surface area contributed by atoms with Gasteiger partial charge in [-0.2, -0.15) is 0 Å². The van der Waals surface area contributed by atoms with Gasteiger partial charge in [-0.05, 0) is 62.4 Å². The van der Waals surface area contributed by atoms with Crippen LogP contribution >= 0.6 is 0 Å². The molecular weight excluding hydrogens is 380 g/mol. The van der Waals surface area contributed by atoms with E-state index in [0.717, 1.165) is 25.7 Å². The summed E-state index contributed by atoms with van der Waals surface area (Å²) in [5.41, 5.74) is -0.546. The molecule has 0 aliphatic heterocycles. The van der Waals surface area contributed by atoms with Gasteiger partial charge in [-0.15, -0.1) is 0 Å². The van der Waals surface area contributed by atoms with E-state index in [9.17, 15) is 18.6 Å². The Balaban J connectivity index is 2.53. The summed E-state index contributed by atoms with van der Waals surface area (Å²) in [6.07, 6.45) is 8.06. The molecule has 0 unspecified atom stereocenters. The molecular formula is C20H36N2O5S. The van der Waals surface area contributed by atoms with Gasteiger partial charge >= 0.3 is 6.09 Å². The van der Waals surface area contributed by atoms with E-state index >= 15 is 0 Å². The van der Waals surface area contributed by atoms with Gasteiger partial charge in [0, 0.05) is 30.3 Å². The van der Waals surface area contributed by atoms with E-state index in [0.29, 0.717) is 25.8 Å². The highest BCUT2D eigenvalue weighted by molar-refractivity contribution is 8.01. The smallest absolute Gasteiger partial charge is 0.407 e. The second-order valence-corrected chi connectivity index (χ2v) is 11.7. The van der Waals surface area contributed by atoms with E-state index in [1.807, 2.05) is 0 Å². The Labute approximate surface area is 169 Å². The average Bonchev–Trinajstić information content (AvgIpc) is 3.04. The van der Waals surface area contributed by atoms with Crippen LogP contribution < -0.4 is 10.6 Å². The molecule has 2 amide bonds. The number of ether oxygens (including phenoxy) is 1. The maximum Gasteiger partial charge on any atom is 0.407 e. The Morgan fingerprint density at radius 2 is 1.75 bits per heavy atom. The van der Waals surface area contributed by atoms with Gasteiger partial charge in [0.2, 0.25) is 5.91 Å². The van der Waals surface area contributed by atoms with Gasteiger partial charge in [0.15, 0.2) is 5.78 Å². The van der Waals surface area contributed by atoms with Crippen LogP contribution in [0.2, 0.25) is 0 Å². The zero-order chi connectivity index (χ0) is 21.4. The number of hydrogen-bond acceptors (Lipinski definition) is 5. The molecule has 0 heterocycles. The van der Waals surface area contributed by atoms with Crippen LogP contribution in [0.1, 0.15) is 65.7 Å². The first-order chi connectivity index (χ1) is 12.9. The largest absolute Gasteiger partial charge is 0.444 e. The number of nitrogens with one attached hydrogen (secondary N) is 2. The molecule has 0 aromatic rings. The lowest BCUT2D eigenvalue weighted by Crippen LogP contribution is -2.44. The van der Waals surface area contributed by atoms with Crippen molar-refractivity contribution in [1.82, 2.24) is 10.6 Å². The fourth-order valence-corrected chi connectivity index (χ4v) is 3.83. The van der Waals surface area contributed by atoms with Gasteiger partial charge in [0.25, 0.3) is 0 Å². The van der Waals surface area contributed by atoms with Gasteiger partial charge in [-0.3, -0.25) is 13.8 Å². The second-order valence-electron chi connectivity index (χ2n) is 8.80. The Hall–Kier alpha value is -1.57. The van der Waals surface area contributed by atoms with Gasteiger partial charge < -0.3 is 15.4 Å². The number of rotatable bonds is 9. The van der Waals surface area contributed by atoms with Crippen molar-refractivity contribution in [3.8, 4) is 0 Å². The van der Waals surface area contributed by atoms with Crippen LogP contribution in [0.15, 0.2) is 0 Å². The molecule has 0 aromatic carbocycles. The third-order valence-electron chi connectivity index (χ3n) is 4.37. The Morgan fingerprint density at radius 3 is 2.29 bits per heavy atom. The highest BCUT2D eigenvalue weighted by atomic mass is 32.2. The molecule has 1 fully saturated rings. The molecule has 162 valence electrons. The van der Waals surface area contributed by atoms with Crippen molar-refractivity contribution >= 4 is 32.7 Å². The van der Waals surface area contributed by atoms with Crippen molar-refractivity contribution in [3.05, 3.63) is 0 Å². The summed E-state index contributed by atoms with van der Waals surface area (Å²) in [4.78, 5) is 36.5. The molecule has 1 aliphatic rings. The van der Waals surface area contributed by atoms with Crippen molar-refractivity contribution in [2.45, 2.75) is 77.4 Å². The fraction of sp³-hybridized carbons (Fsp3) is 0.800. The van der Waals surface area contributed by atoms with Crippen molar-refractivity contribution < 1.29 is 23.3 Å². The summed E-state index contributed by atoms with van der Waals surface area (Å²) in [5, 5.41) is 6.76. The fourth-order valence-electron chi connectivity index (χ4n) is 3.10. The minimum atomic E-state index is -2.34. The Morgan fingerprint density at radius 1 is 1.14 bits per heavy atom. The first-order valence-electron chi connectivity index (χ1n) is 9.97. The molecule has 0 spiro atoms. The lowest BCUT2D eigenvalue weighted by molar-refractivity contribution is -0.128. The average molecular weight is 417 g/mol. The summed E-state index contributed by atoms with van der Waals surface area (Å²) in [6, 6.07) is -0.671. The molecule has 0 saturated heterocycles. The molecule has 0 bridgehead atoms. The SMILES string of the molecule is CC(C)(C)OC(=O)NCCCC[C@H](NC(=O)C1CCCC1)C(=O)C=S(C)(C)=O. The zero-order valence-electron chi connectivity index (χ0n) is 17.8. The monoisotopic (exact) mass is 416 g/mol. The highest BCUT2D eigenvalue weighted by Gasteiger charge is 2.27. The minimum absolute atomic E-state index is 0.0308. The number of Topliss-reactive ketones (excluding diaryl/α,β-unsaturated/α-hetero) is 1. The van der Waals surface area contributed by atoms with Crippen LogP contribution in [0, 0.1) is 5.92 Å². The molecule has 1 aliphatic carbocycles. The predicted molar refractivity (Wildman–Crippen MR) is 113 cm³/mol. The van der Waals surface area contributed by atoms with E-state index in [4.69, 9.17) is 4.74 Å². The summed E-state index contributed by atoms with van der Waals surface area (Å²) in [6.45, 7) is 5.82. The minimum Gasteiger partial charge on any atom is -0.444 e. The van der Waals surface area contributed by atoms with Crippen LogP contribution in [-0.4, -0.2) is 58.1 Å². The third-order valence-corrected chi connectivity index (χ3v) is 5.17. The van der Waals surface area contributed by atoms with E-state index in [-0.39, 0.29) is 17.6 Å². The molecule has 0 aromatic heterocycles. The molecule has 1 saturated carbocycles. The normalized spacial score (nSPS) is 16.3. The van der Waals surface area contributed by atoms with Crippen molar-refractivity contribution in [3.63, 3.8) is 0 Å². The van der Waals surface area contributed by atoms with Crippen LogP contribution in [-0.2, 0) is 23.8 Å². The van der Waals surface area contributed by atoms with Crippen LogP contribution in [0.3, 0.4) is 0 Å². The van der Waals surface area contributed by atoms with Crippen LogP contribution in [0.4, 0.5) is 4.79 Å². The zero-order valence-corrected chi connectivity index (χ0v) is 18.7. The third kappa shape index (κ3) is 10.7. The number of amides is 2. The predicted octanol–water partition coefficient (Wildman–Crippen LogP) is 2.27. The molecule has 8 heteroatoms. The summed E-state index contributed by atoms with van der Waals surface area (Å²) in [7, 11) is -2.34. The van der Waals surface area contributed by atoms with E-state index in [2.05, 4.69) is 10.6 Å². The Bertz CT molecular complexity index is 661. The number of unbranched alkanes of at least 4 members (excludes halogenated alkanes) is 1. The molecule has 1 atom stereocenters. The summed E-state index contributed by atoms with van der Waals surface area (Å²) in [5.74, 6) is -0.423. The first-order valence-corrected chi connectivity index (χ1v) is 12.4. The number of carbonyl (C=O) groups excluding carboxylic acids is 3. The number of carbonyl (C=O) groups is 3. The number of alkyl carbamates (subject to hydrolysis) is 1. The lowest BCUT2D eigenvalue weighted by Gasteiger charge is -2.20. The van der Waals surface area contributed by atoms with Crippen molar-refractivity contribution in [2.75, 3.05) is 19.1 Å². The first kappa shape index (κ1) is 24.5. The Kier molecular flexibility index (Phi) is 9.47. The summed E-state index contributed by atoms with van der Waals surface area (Å²) < 4.78 is 17.1. The molecule has 0 radical (unpaired) electrons. The molecule has 1 rings (SSSR count). The number of ketones is 1. The lowest BCUT2D eigenvalue weighted by atomic mass is 10.0. The number of hydrogen-bond donors (Lipinski definition) is 2. The summed E-state index contributed by atoms with van der Waals surface area (Å²) >= 11 is 0. The maximum absolute atomic E-state index is 12.5. The van der Waals surface area contributed by atoms with Crippen LogP contribution in [0.5, 0.6) is 0 Å². The van der Waals surface area contributed by atoms with Gasteiger partial charge in [-0.1, -0.05) is 12.8 Å². The van der Waals surface area contributed by atoms with Crippen LogP contribution in [0.25, 0.3) is 0 Å². The molecule has 2 N–H and O–H groups in total. The van der Waals surface area contributed by atoms with E-state index in [1.165, 1.54) is 17.9 Å². The maximum atomic E-state index is 12.5. The topological polar surface area (TPSA) is 102 Å². The highest BCUT2D eigenvalue weighted by Crippen LogP contribution is 2.25. The molecule has 7 nitrogen and oxygen atoms in total. The van der Waals surface area contributed by atoms with E-state index in [1.54, 1.807) is 20.8 Å². The second kappa shape index (κ2) is 10.8. The van der Waals surface area contributed by atoms with Crippen molar-refractivity contribution in [1.29, 1.82) is 0 Å². The van der Waals surface area contributed by atoms with Gasteiger partial charge in [-0.25, -0.2) is 4.79 Å². The van der Waals surface area contributed by atoms with E-state index < -0.39 is 27.3 Å². The van der Waals surface area contributed by atoms with Gasteiger partial charge in [0.05, 0.1) is 6.04 Å². The molecule has 28 heavy (non-hydrogen) atoms. The van der Waals surface area contributed by atoms with Crippen molar-refractivity contribution in [2.24, 2.45) is 5.92 Å².